The van der Waals surface area contributed by atoms with Gasteiger partial charge in [-0.25, -0.2) is 0 Å². The molecule has 0 unspecified atom stereocenters. The number of ether oxygens (including phenoxy) is 1. The smallest absolute Gasteiger partial charge is 0.387 e. The lowest BCUT2D eigenvalue weighted by atomic mass is 10.2. The molecule has 4 aromatic rings. The van der Waals surface area contributed by atoms with Gasteiger partial charge in [0.15, 0.2) is 11.0 Å². The maximum atomic E-state index is 12.4. The second-order valence-electron chi connectivity index (χ2n) is 7.30. The molecule has 0 atom stereocenters. The number of thioether (sulfide) groups is 1. The Kier molecular flexibility index (Phi) is 7.48. The first kappa shape index (κ1) is 23.4. The topological polar surface area (TPSA) is 81.9 Å². The van der Waals surface area contributed by atoms with Crippen LogP contribution in [-0.4, -0.2) is 38.0 Å². The number of halogens is 2. The van der Waals surface area contributed by atoms with Crippen LogP contribution in [0.3, 0.4) is 0 Å². The van der Waals surface area contributed by atoms with Crippen molar-refractivity contribution in [3.63, 3.8) is 0 Å². The van der Waals surface area contributed by atoms with Crippen LogP contribution in [0.2, 0.25) is 0 Å². The van der Waals surface area contributed by atoms with Gasteiger partial charge in [-0.1, -0.05) is 41.6 Å². The van der Waals surface area contributed by atoms with E-state index < -0.39 is 6.61 Å². The van der Waals surface area contributed by atoms with Crippen LogP contribution in [0.4, 0.5) is 8.78 Å². The third-order valence-electron chi connectivity index (χ3n) is 4.83. The summed E-state index contributed by atoms with van der Waals surface area (Å²) in [5, 5.41) is 12.1. The van der Waals surface area contributed by atoms with Gasteiger partial charge < -0.3 is 10.1 Å². The highest BCUT2D eigenvalue weighted by Crippen LogP contribution is 2.28. The molecule has 34 heavy (non-hydrogen) atoms. The van der Waals surface area contributed by atoms with Gasteiger partial charge in [0.05, 0.1) is 5.75 Å². The van der Waals surface area contributed by atoms with Gasteiger partial charge in [0.2, 0.25) is 5.91 Å². The number of aryl methyl sites for hydroxylation is 1. The second kappa shape index (κ2) is 10.9. The Bertz CT molecular complexity index is 1230. The van der Waals surface area contributed by atoms with E-state index in [-0.39, 0.29) is 24.0 Å². The number of hydrogen-bond acceptors (Lipinski definition) is 6. The molecule has 0 saturated carbocycles. The minimum absolute atomic E-state index is 0.0704. The summed E-state index contributed by atoms with van der Waals surface area (Å²) >= 11 is 1.27. The molecule has 4 rings (SSSR count). The number of carbonyl (C=O) groups excluding carboxylic acids is 1. The molecule has 174 valence electrons. The van der Waals surface area contributed by atoms with Crippen LogP contribution in [0.25, 0.3) is 17.1 Å². The summed E-state index contributed by atoms with van der Waals surface area (Å²) in [6.45, 7) is -0.594. The molecule has 0 bridgehead atoms. The number of carbonyl (C=O) groups is 1. The maximum Gasteiger partial charge on any atom is 0.387 e. The number of nitrogens with one attached hydrogen (secondary N) is 1. The Balaban J connectivity index is 1.43. The molecular weight excluding hydrogens is 460 g/mol. The van der Waals surface area contributed by atoms with Crippen LogP contribution in [0.1, 0.15) is 11.1 Å². The predicted octanol–water partition coefficient (Wildman–Crippen LogP) is 4.65. The summed E-state index contributed by atoms with van der Waals surface area (Å²) in [4.78, 5) is 16.5. The highest BCUT2D eigenvalue weighted by atomic mass is 32.2. The molecule has 0 saturated heterocycles. The minimum atomic E-state index is -2.87. The van der Waals surface area contributed by atoms with Crippen molar-refractivity contribution in [2.45, 2.75) is 25.2 Å². The summed E-state index contributed by atoms with van der Waals surface area (Å²) in [7, 11) is 0. The summed E-state index contributed by atoms with van der Waals surface area (Å²) < 4.78 is 30.8. The summed E-state index contributed by atoms with van der Waals surface area (Å²) in [5.74, 6) is 0.663. The molecule has 1 amide bonds. The maximum absolute atomic E-state index is 12.4. The highest BCUT2D eigenvalue weighted by molar-refractivity contribution is 7.99. The Morgan fingerprint density at radius 1 is 1.03 bits per heavy atom. The van der Waals surface area contributed by atoms with Gasteiger partial charge in [-0.15, -0.1) is 10.2 Å². The van der Waals surface area contributed by atoms with Crippen molar-refractivity contribution in [2.24, 2.45) is 0 Å². The molecule has 2 heterocycles. The molecule has 0 radical (unpaired) electrons. The summed E-state index contributed by atoms with van der Waals surface area (Å²) in [5.41, 5.74) is 3.64. The fourth-order valence-electron chi connectivity index (χ4n) is 3.15. The van der Waals surface area contributed by atoms with Crippen LogP contribution in [0.5, 0.6) is 5.75 Å². The van der Waals surface area contributed by atoms with Crippen molar-refractivity contribution in [2.75, 3.05) is 5.75 Å². The van der Waals surface area contributed by atoms with Crippen molar-refractivity contribution < 1.29 is 18.3 Å². The molecule has 7 nitrogen and oxygen atoms in total. The fraction of sp³-hybridized carbons (Fsp3) is 0.167. The quantitative estimate of drug-likeness (QED) is 0.351. The number of benzene rings is 2. The van der Waals surface area contributed by atoms with Gasteiger partial charge in [-0.2, -0.15) is 8.78 Å². The lowest BCUT2D eigenvalue weighted by Gasteiger charge is -2.11. The lowest BCUT2D eigenvalue weighted by molar-refractivity contribution is -0.118. The molecule has 1 N–H and O–H groups in total. The van der Waals surface area contributed by atoms with Crippen LogP contribution in [0.15, 0.2) is 78.2 Å². The largest absolute Gasteiger partial charge is 0.435 e. The molecule has 0 aliphatic heterocycles. The Morgan fingerprint density at radius 3 is 2.41 bits per heavy atom. The first-order valence-electron chi connectivity index (χ1n) is 10.4. The number of pyridine rings is 1. The monoisotopic (exact) mass is 481 g/mol. The van der Waals surface area contributed by atoms with E-state index in [2.05, 4.69) is 25.2 Å². The lowest BCUT2D eigenvalue weighted by Crippen LogP contribution is -2.24. The van der Waals surface area contributed by atoms with E-state index in [0.717, 1.165) is 22.4 Å². The standard InChI is InChI=1S/C24H21F2N5O2S/c1-16-2-6-19(7-3-16)31-22(18-10-12-27-13-11-18)29-30-24(31)34-15-21(32)28-14-17-4-8-20(9-5-17)33-23(25)26/h2-13,23H,14-15H2,1H3,(H,28,32). The molecular formula is C24H21F2N5O2S. The third-order valence-corrected chi connectivity index (χ3v) is 5.76. The summed E-state index contributed by atoms with van der Waals surface area (Å²) in [6.07, 6.45) is 3.38. The van der Waals surface area contributed by atoms with Crippen LogP contribution >= 0.6 is 11.8 Å². The Labute approximate surface area is 199 Å². The van der Waals surface area contributed by atoms with E-state index in [0.29, 0.717) is 11.0 Å². The second-order valence-corrected chi connectivity index (χ2v) is 8.24. The molecule has 2 aromatic carbocycles. The van der Waals surface area contributed by atoms with E-state index in [1.54, 1.807) is 24.5 Å². The number of rotatable bonds is 9. The normalized spacial score (nSPS) is 10.9. The van der Waals surface area contributed by atoms with Crippen molar-refractivity contribution in [1.82, 2.24) is 25.1 Å². The minimum Gasteiger partial charge on any atom is -0.435 e. The van der Waals surface area contributed by atoms with E-state index in [1.807, 2.05) is 47.9 Å². The zero-order valence-electron chi connectivity index (χ0n) is 18.2. The van der Waals surface area contributed by atoms with Crippen molar-refractivity contribution in [1.29, 1.82) is 0 Å². The molecule has 10 heteroatoms. The summed E-state index contributed by atoms with van der Waals surface area (Å²) in [6, 6.07) is 17.8. The average Bonchev–Trinajstić information content (AvgIpc) is 3.27. The molecule has 0 spiro atoms. The van der Waals surface area contributed by atoms with Gasteiger partial charge in [0.1, 0.15) is 5.75 Å². The Hall–Kier alpha value is -3.79. The highest BCUT2D eigenvalue weighted by Gasteiger charge is 2.17. The van der Waals surface area contributed by atoms with E-state index >= 15 is 0 Å². The number of alkyl halides is 2. The molecule has 0 aliphatic carbocycles. The molecule has 0 fully saturated rings. The van der Waals surface area contributed by atoms with Crippen LogP contribution in [0, 0.1) is 6.92 Å². The van der Waals surface area contributed by atoms with Crippen molar-refractivity contribution in [3.05, 3.63) is 84.2 Å². The van der Waals surface area contributed by atoms with Crippen molar-refractivity contribution >= 4 is 17.7 Å². The third kappa shape index (κ3) is 5.96. The van der Waals surface area contributed by atoms with E-state index in [9.17, 15) is 13.6 Å². The fourth-order valence-corrected chi connectivity index (χ4v) is 3.93. The number of amides is 1. The van der Waals surface area contributed by atoms with Crippen LogP contribution in [-0.2, 0) is 11.3 Å². The Morgan fingerprint density at radius 2 is 1.74 bits per heavy atom. The number of nitrogens with zero attached hydrogens (tertiary/aromatic N) is 4. The first-order chi connectivity index (χ1) is 16.5. The molecule has 0 aliphatic rings. The van der Waals surface area contributed by atoms with Gasteiger partial charge in [0, 0.05) is 30.2 Å². The number of aromatic nitrogens is 4. The molecule has 2 aromatic heterocycles. The SMILES string of the molecule is Cc1ccc(-n2c(SCC(=O)NCc3ccc(OC(F)F)cc3)nnc2-c2ccncc2)cc1. The van der Waals surface area contributed by atoms with Crippen LogP contribution < -0.4 is 10.1 Å². The zero-order valence-corrected chi connectivity index (χ0v) is 19.0. The number of hydrogen-bond donors (Lipinski definition) is 1. The predicted molar refractivity (Wildman–Crippen MR) is 125 cm³/mol. The van der Waals surface area contributed by atoms with Gasteiger partial charge in [0.25, 0.3) is 0 Å². The van der Waals surface area contributed by atoms with Gasteiger partial charge in [-0.05, 0) is 48.9 Å². The van der Waals surface area contributed by atoms with E-state index in [4.69, 9.17) is 0 Å². The van der Waals surface area contributed by atoms with E-state index in [1.165, 1.54) is 23.9 Å². The van der Waals surface area contributed by atoms with Gasteiger partial charge >= 0.3 is 6.61 Å². The van der Waals surface area contributed by atoms with Gasteiger partial charge in [-0.3, -0.25) is 14.3 Å². The van der Waals surface area contributed by atoms with Crippen molar-refractivity contribution in [3.8, 4) is 22.8 Å². The average molecular weight is 482 g/mol. The zero-order chi connectivity index (χ0) is 23.9. The first-order valence-corrected chi connectivity index (χ1v) is 11.3.